The maximum Gasteiger partial charge on any atom is 0.384 e. The molecular weight excluding hydrogens is 288 g/mol. The molecule has 0 atom stereocenters. The number of carbonyl (C=O) groups excluding carboxylic acids is 1. The highest BCUT2D eigenvalue weighted by Crippen LogP contribution is 2.18. The number of nitrogens with zero attached hydrogens (tertiary/aromatic N) is 2. The first kappa shape index (κ1) is 16.6. The number of carbonyl (C=O) groups is 1. The Labute approximate surface area is 138 Å². The molecule has 0 N–H and O–H groups in total. The monoisotopic (exact) mass is 310 g/mol. The first-order chi connectivity index (χ1) is 10.9. The smallest absolute Gasteiger partial charge is 0.384 e. The van der Waals surface area contributed by atoms with Gasteiger partial charge < -0.3 is 9.30 Å². The van der Waals surface area contributed by atoms with E-state index >= 15 is 0 Å². The van der Waals surface area contributed by atoms with E-state index in [0.717, 1.165) is 23.9 Å². The van der Waals surface area contributed by atoms with Gasteiger partial charge in [-0.3, -0.25) is 0 Å². The van der Waals surface area contributed by atoms with Gasteiger partial charge in [0.1, 0.15) is 5.60 Å². The van der Waals surface area contributed by atoms with Crippen LogP contribution in [0.1, 0.15) is 40.6 Å². The highest BCUT2D eigenvalue weighted by Gasteiger charge is 2.13. The Morgan fingerprint density at radius 3 is 2.83 bits per heavy atom. The number of nitriles is 1. The largest absolute Gasteiger partial charge is 0.450 e. The first-order valence-electron chi connectivity index (χ1n) is 7.60. The molecule has 0 amide bonds. The van der Waals surface area contributed by atoms with Crippen LogP contribution in [-0.2, 0) is 16.1 Å². The van der Waals surface area contributed by atoms with E-state index in [-0.39, 0.29) is 1.43 Å². The van der Waals surface area contributed by atoms with Crippen LogP contribution in [0.15, 0.2) is 30.5 Å². The maximum absolute atomic E-state index is 11.5. The highest BCUT2D eigenvalue weighted by atomic mass is 16.6. The van der Waals surface area contributed by atoms with Crippen LogP contribution in [0.25, 0.3) is 10.9 Å². The van der Waals surface area contributed by atoms with Gasteiger partial charge in [0.25, 0.3) is 0 Å². The summed E-state index contributed by atoms with van der Waals surface area (Å²) in [5.41, 5.74) is 1.19. The van der Waals surface area contributed by atoms with Crippen LogP contribution in [0.4, 0.5) is 0 Å². The van der Waals surface area contributed by atoms with E-state index in [0.29, 0.717) is 12.0 Å². The fourth-order valence-electron chi connectivity index (χ4n) is 2.22. The van der Waals surface area contributed by atoms with Gasteiger partial charge in [0.05, 0.1) is 11.6 Å². The molecule has 120 valence electrons. The molecule has 0 unspecified atom stereocenters. The summed E-state index contributed by atoms with van der Waals surface area (Å²) in [5, 5.41) is 10.1. The summed E-state index contributed by atoms with van der Waals surface area (Å²) in [4.78, 5) is 11.5. The van der Waals surface area contributed by atoms with Crippen molar-refractivity contribution in [2.45, 2.75) is 45.8 Å². The number of aryl methyl sites for hydroxylation is 1. The number of aromatic nitrogens is 1. The zero-order chi connectivity index (χ0) is 16.9. The third-order valence-corrected chi connectivity index (χ3v) is 3.19. The first-order valence-corrected chi connectivity index (χ1v) is 7.60. The average Bonchev–Trinajstić information content (AvgIpc) is 2.87. The Morgan fingerprint density at radius 1 is 1.35 bits per heavy atom. The van der Waals surface area contributed by atoms with Gasteiger partial charge in [0, 0.05) is 32.0 Å². The number of unbranched alkanes of at least 4 members (excludes halogenated alkanes) is 1. The van der Waals surface area contributed by atoms with Crippen LogP contribution in [0.5, 0.6) is 0 Å². The van der Waals surface area contributed by atoms with Crippen LogP contribution in [0.2, 0.25) is 0 Å². The summed E-state index contributed by atoms with van der Waals surface area (Å²) in [6.45, 7) is 6.25. The van der Waals surface area contributed by atoms with Gasteiger partial charge in [-0.25, -0.2) is 4.79 Å². The Morgan fingerprint density at radius 2 is 2.13 bits per heavy atom. The molecule has 23 heavy (non-hydrogen) atoms. The summed E-state index contributed by atoms with van der Waals surface area (Å²) in [7, 11) is 0. The van der Waals surface area contributed by atoms with E-state index in [1.807, 2.05) is 51.2 Å². The molecule has 1 aromatic heterocycles. The molecular formula is C19H22N2O2. The lowest BCUT2D eigenvalue weighted by Crippen LogP contribution is -2.22. The average molecular weight is 310 g/mol. The summed E-state index contributed by atoms with van der Waals surface area (Å²) >= 11 is 0. The Bertz CT molecular complexity index is 814. The van der Waals surface area contributed by atoms with Gasteiger partial charge in [-0.05, 0) is 50.8 Å². The van der Waals surface area contributed by atoms with Crippen molar-refractivity contribution in [3.8, 4) is 17.9 Å². The predicted octanol–water partition coefficient (Wildman–Crippen LogP) is 3.88. The van der Waals surface area contributed by atoms with Crippen molar-refractivity contribution in [3.63, 3.8) is 0 Å². The number of hydrogen-bond donors (Lipinski definition) is 0. The van der Waals surface area contributed by atoms with E-state index < -0.39 is 11.6 Å². The van der Waals surface area contributed by atoms with E-state index in [9.17, 15) is 4.79 Å². The quantitative estimate of drug-likeness (QED) is 0.374. The second-order valence-corrected chi connectivity index (χ2v) is 6.30. The molecule has 0 aliphatic rings. The van der Waals surface area contributed by atoms with Gasteiger partial charge in [0.2, 0.25) is 0 Å². The lowest BCUT2D eigenvalue weighted by Gasteiger charge is -2.16. The van der Waals surface area contributed by atoms with Crippen LogP contribution >= 0.6 is 0 Å². The molecule has 0 fully saturated rings. The third kappa shape index (κ3) is 4.90. The minimum atomic E-state index is -0.506. The van der Waals surface area contributed by atoms with Gasteiger partial charge >= 0.3 is 5.97 Å². The zero-order valence-electron chi connectivity index (χ0n) is 13.7. The van der Waals surface area contributed by atoms with E-state index in [1.54, 1.807) is 0 Å². The van der Waals surface area contributed by atoms with Crippen LogP contribution in [0.3, 0.4) is 0 Å². The summed E-state index contributed by atoms with van der Waals surface area (Å²) in [6, 6.07) is 9.85. The second kappa shape index (κ2) is 7.03. The van der Waals surface area contributed by atoms with Crippen molar-refractivity contribution >= 4 is 16.9 Å². The van der Waals surface area contributed by atoms with E-state index in [1.165, 1.54) is 0 Å². The number of benzene rings is 1. The molecule has 2 rings (SSSR count). The molecule has 4 nitrogen and oxygen atoms in total. The molecule has 0 spiro atoms. The molecule has 1 aromatic carbocycles. The fourth-order valence-corrected chi connectivity index (χ4v) is 2.22. The summed E-state index contributed by atoms with van der Waals surface area (Å²) in [5.74, 6) is 4.88. The van der Waals surface area contributed by atoms with Crippen LogP contribution in [-0.4, -0.2) is 16.1 Å². The topological polar surface area (TPSA) is 55.0 Å². The van der Waals surface area contributed by atoms with Crippen LogP contribution in [0, 0.1) is 23.2 Å². The standard InChI is InChI=1S/C19H20N2O2.H2/c1-19(2,3)23-18(22)7-5-4-6-11-21-12-10-16-9-8-15(14-20)13-17(16)21;/h8-10,12-13H,4,6,11H2,1-3H3;1H. The van der Waals surface area contributed by atoms with Gasteiger partial charge in [-0.2, -0.15) is 5.26 Å². The molecule has 2 aromatic rings. The van der Waals surface area contributed by atoms with Crippen molar-refractivity contribution in [3.05, 3.63) is 36.0 Å². The Hall–Kier alpha value is -2.72. The molecule has 0 radical (unpaired) electrons. The molecule has 0 bridgehead atoms. The number of fused-ring (bicyclic) bond motifs is 1. The molecule has 0 aliphatic carbocycles. The molecule has 0 aliphatic heterocycles. The van der Waals surface area contributed by atoms with Crippen molar-refractivity contribution in [1.29, 1.82) is 5.26 Å². The fraction of sp³-hybridized carbons (Fsp3) is 0.368. The van der Waals surface area contributed by atoms with Gasteiger partial charge in [0.15, 0.2) is 0 Å². The summed E-state index contributed by atoms with van der Waals surface area (Å²) in [6.07, 6.45) is 3.46. The number of hydrogen-bond acceptors (Lipinski definition) is 3. The Kier molecular flexibility index (Phi) is 5.09. The van der Waals surface area contributed by atoms with Crippen molar-refractivity contribution in [1.82, 2.24) is 4.57 Å². The maximum atomic E-state index is 11.5. The second-order valence-electron chi connectivity index (χ2n) is 6.30. The van der Waals surface area contributed by atoms with Gasteiger partial charge in [-0.1, -0.05) is 12.0 Å². The predicted molar refractivity (Wildman–Crippen MR) is 91.6 cm³/mol. The minimum absolute atomic E-state index is 0. The lowest BCUT2D eigenvalue weighted by atomic mass is 10.2. The normalized spacial score (nSPS) is 10.7. The van der Waals surface area contributed by atoms with Crippen molar-refractivity contribution < 1.29 is 11.0 Å². The van der Waals surface area contributed by atoms with E-state index in [2.05, 4.69) is 22.5 Å². The number of esters is 1. The minimum Gasteiger partial charge on any atom is -0.450 e. The molecule has 4 heteroatoms. The third-order valence-electron chi connectivity index (χ3n) is 3.19. The lowest BCUT2D eigenvalue weighted by molar-refractivity contribution is -0.147. The molecule has 1 heterocycles. The molecule has 0 saturated carbocycles. The molecule has 0 saturated heterocycles. The highest BCUT2D eigenvalue weighted by molar-refractivity contribution is 5.88. The van der Waals surface area contributed by atoms with Crippen LogP contribution < -0.4 is 0 Å². The van der Waals surface area contributed by atoms with Gasteiger partial charge in [-0.15, -0.1) is 0 Å². The summed E-state index contributed by atoms with van der Waals surface area (Å²) < 4.78 is 7.23. The number of ether oxygens (including phenoxy) is 1. The van der Waals surface area contributed by atoms with Crippen molar-refractivity contribution in [2.75, 3.05) is 0 Å². The Balaban J connectivity index is 0.00000288. The SMILES string of the molecule is CC(C)(C)OC(=O)C#CCCCn1ccc2ccc(C#N)cc21.[HH]. The zero-order valence-corrected chi connectivity index (χ0v) is 13.7. The van der Waals surface area contributed by atoms with Crippen molar-refractivity contribution in [2.24, 2.45) is 0 Å². The van der Waals surface area contributed by atoms with E-state index in [4.69, 9.17) is 10.00 Å². The number of rotatable bonds is 3.